The van der Waals surface area contributed by atoms with Gasteiger partial charge < -0.3 is 20.4 Å². The van der Waals surface area contributed by atoms with Crippen LogP contribution in [0.5, 0.6) is 0 Å². The number of benzene rings is 1. The van der Waals surface area contributed by atoms with Crippen LogP contribution in [0.15, 0.2) is 30.6 Å². The highest BCUT2D eigenvalue weighted by Gasteiger charge is 2.49. The molecule has 0 amide bonds. The normalized spacial score (nSPS) is 24.2. The predicted octanol–water partition coefficient (Wildman–Crippen LogP) is 5.64. The SMILES string of the molecule is CN1CCC(Nc2cc(NC3CC4(CCN(c5ncnc6sc(CC(F)(F)F)cc56)C4)C3)ccc2C#N)CC1. The summed E-state index contributed by atoms with van der Waals surface area (Å²) in [6.07, 6.45) is 1.50. The van der Waals surface area contributed by atoms with E-state index in [-0.39, 0.29) is 10.3 Å². The Hall–Kier alpha value is -3.10. The molecule has 3 fully saturated rings. The lowest BCUT2D eigenvalue weighted by molar-refractivity contribution is -0.126. The monoisotopic (exact) mass is 555 g/mol. The molecule has 3 aliphatic rings. The Balaban J connectivity index is 1.09. The van der Waals surface area contributed by atoms with Crippen LogP contribution >= 0.6 is 11.3 Å². The van der Waals surface area contributed by atoms with E-state index in [0.717, 1.165) is 92.2 Å². The van der Waals surface area contributed by atoms with Gasteiger partial charge in [0.25, 0.3) is 0 Å². The molecule has 206 valence electrons. The largest absolute Gasteiger partial charge is 0.393 e. The highest BCUT2D eigenvalue weighted by Crippen LogP contribution is 2.50. The highest BCUT2D eigenvalue weighted by atomic mass is 32.1. The second-order valence-corrected chi connectivity index (χ2v) is 12.6. The van der Waals surface area contributed by atoms with Gasteiger partial charge in [-0.15, -0.1) is 11.3 Å². The summed E-state index contributed by atoms with van der Waals surface area (Å²) in [5.41, 5.74) is 2.76. The average molecular weight is 556 g/mol. The molecule has 39 heavy (non-hydrogen) atoms. The Bertz CT molecular complexity index is 1380. The topological polar surface area (TPSA) is 80.1 Å². The van der Waals surface area contributed by atoms with Gasteiger partial charge in [0, 0.05) is 35.7 Å². The Morgan fingerprint density at radius 3 is 2.64 bits per heavy atom. The van der Waals surface area contributed by atoms with Gasteiger partial charge in [-0.05, 0) is 81.9 Å². The number of anilines is 3. The third-order valence-corrected chi connectivity index (χ3v) is 9.46. The predicted molar refractivity (Wildman–Crippen MR) is 148 cm³/mol. The van der Waals surface area contributed by atoms with Crippen LogP contribution in [0, 0.1) is 16.7 Å². The van der Waals surface area contributed by atoms with E-state index in [0.29, 0.717) is 22.5 Å². The fraction of sp³-hybridized carbons (Fsp3) is 0.536. The smallest absolute Gasteiger partial charge is 0.382 e. The number of hydrogen-bond donors (Lipinski definition) is 2. The van der Waals surface area contributed by atoms with Crippen molar-refractivity contribution >= 4 is 38.7 Å². The van der Waals surface area contributed by atoms with E-state index in [4.69, 9.17) is 0 Å². The summed E-state index contributed by atoms with van der Waals surface area (Å²) in [5.74, 6) is 0.745. The lowest BCUT2D eigenvalue weighted by atomic mass is 9.65. The van der Waals surface area contributed by atoms with Crippen LogP contribution in [0.2, 0.25) is 0 Å². The summed E-state index contributed by atoms with van der Waals surface area (Å²) < 4.78 is 38.8. The molecule has 2 aromatic heterocycles. The van der Waals surface area contributed by atoms with Crippen molar-refractivity contribution in [2.24, 2.45) is 5.41 Å². The zero-order valence-electron chi connectivity index (χ0n) is 21.9. The van der Waals surface area contributed by atoms with E-state index in [2.05, 4.69) is 49.6 Å². The fourth-order valence-electron chi connectivity index (χ4n) is 6.43. The highest BCUT2D eigenvalue weighted by molar-refractivity contribution is 7.18. The number of likely N-dealkylation sites (tertiary alicyclic amines) is 1. The third-order valence-electron chi connectivity index (χ3n) is 8.42. The molecule has 0 unspecified atom stereocenters. The lowest BCUT2D eigenvalue weighted by Crippen LogP contribution is -2.46. The maximum absolute atomic E-state index is 12.9. The first-order valence-corrected chi connectivity index (χ1v) is 14.3. The van der Waals surface area contributed by atoms with Gasteiger partial charge in [0.15, 0.2) is 0 Å². The summed E-state index contributed by atoms with van der Waals surface area (Å²) in [6, 6.07) is 10.6. The van der Waals surface area contributed by atoms with Crippen molar-refractivity contribution in [3.8, 4) is 6.07 Å². The number of aromatic nitrogens is 2. The minimum atomic E-state index is -4.24. The first-order valence-electron chi connectivity index (χ1n) is 13.5. The number of fused-ring (bicyclic) bond motifs is 1. The molecular weight excluding hydrogens is 523 g/mol. The molecule has 3 aromatic rings. The van der Waals surface area contributed by atoms with Crippen molar-refractivity contribution in [1.82, 2.24) is 14.9 Å². The molecular formula is C28H32F3N7S. The van der Waals surface area contributed by atoms with Gasteiger partial charge in [-0.1, -0.05) is 0 Å². The number of hydrogen-bond acceptors (Lipinski definition) is 8. The van der Waals surface area contributed by atoms with Crippen LogP contribution in [0.25, 0.3) is 10.2 Å². The molecule has 2 aliphatic heterocycles. The van der Waals surface area contributed by atoms with Crippen LogP contribution in [-0.4, -0.2) is 66.4 Å². The number of nitrogens with zero attached hydrogens (tertiary/aromatic N) is 5. The van der Waals surface area contributed by atoms with Crippen molar-refractivity contribution in [3.63, 3.8) is 0 Å². The average Bonchev–Trinajstić information content (AvgIpc) is 3.48. The first kappa shape index (κ1) is 26.1. The maximum atomic E-state index is 12.9. The van der Waals surface area contributed by atoms with Gasteiger partial charge in [0.05, 0.1) is 23.1 Å². The van der Waals surface area contributed by atoms with Gasteiger partial charge in [-0.3, -0.25) is 0 Å². The van der Waals surface area contributed by atoms with Crippen LogP contribution in [0.1, 0.15) is 42.5 Å². The second kappa shape index (κ2) is 10.1. The molecule has 1 saturated carbocycles. The van der Waals surface area contributed by atoms with Gasteiger partial charge in [-0.2, -0.15) is 18.4 Å². The summed E-state index contributed by atoms with van der Waals surface area (Å²) in [6.45, 7) is 3.80. The van der Waals surface area contributed by atoms with E-state index in [1.54, 1.807) is 6.07 Å². The Labute approximate surface area is 230 Å². The zero-order chi connectivity index (χ0) is 27.2. The van der Waals surface area contributed by atoms with E-state index < -0.39 is 12.6 Å². The van der Waals surface area contributed by atoms with Gasteiger partial charge in [0.1, 0.15) is 23.0 Å². The van der Waals surface area contributed by atoms with Gasteiger partial charge >= 0.3 is 6.18 Å². The second-order valence-electron chi connectivity index (χ2n) is 11.4. The molecule has 11 heteroatoms. The quantitative estimate of drug-likeness (QED) is 0.407. The lowest BCUT2D eigenvalue weighted by Gasteiger charge is -2.46. The van der Waals surface area contributed by atoms with Crippen molar-refractivity contribution in [2.45, 2.75) is 56.8 Å². The number of alkyl halides is 3. The van der Waals surface area contributed by atoms with Crippen molar-refractivity contribution < 1.29 is 13.2 Å². The van der Waals surface area contributed by atoms with Crippen molar-refractivity contribution in [2.75, 3.05) is 48.8 Å². The molecule has 1 aliphatic carbocycles. The summed E-state index contributed by atoms with van der Waals surface area (Å²) >= 11 is 1.10. The fourth-order valence-corrected chi connectivity index (χ4v) is 7.45. The van der Waals surface area contributed by atoms with Gasteiger partial charge in [0.2, 0.25) is 0 Å². The third kappa shape index (κ3) is 5.63. The Morgan fingerprint density at radius 1 is 1.10 bits per heavy atom. The van der Waals surface area contributed by atoms with Crippen LogP contribution in [0.4, 0.5) is 30.4 Å². The molecule has 6 rings (SSSR count). The molecule has 0 atom stereocenters. The minimum absolute atomic E-state index is 0.182. The number of halogens is 3. The minimum Gasteiger partial charge on any atom is -0.382 e. The molecule has 2 N–H and O–H groups in total. The molecule has 2 saturated heterocycles. The van der Waals surface area contributed by atoms with E-state index >= 15 is 0 Å². The van der Waals surface area contributed by atoms with Crippen LogP contribution in [-0.2, 0) is 6.42 Å². The number of rotatable bonds is 6. The number of nitrogens with one attached hydrogen (secondary N) is 2. The summed E-state index contributed by atoms with van der Waals surface area (Å²) in [4.78, 5) is 14.1. The van der Waals surface area contributed by atoms with Gasteiger partial charge in [-0.25, -0.2) is 9.97 Å². The maximum Gasteiger partial charge on any atom is 0.393 e. The summed E-state index contributed by atoms with van der Waals surface area (Å²) in [7, 11) is 2.14. The number of thiophene rings is 1. The van der Waals surface area contributed by atoms with E-state index in [1.807, 2.05) is 12.1 Å². The zero-order valence-corrected chi connectivity index (χ0v) is 22.7. The summed E-state index contributed by atoms with van der Waals surface area (Å²) in [5, 5.41) is 17.6. The molecule has 1 spiro atoms. The van der Waals surface area contributed by atoms with E-state index in [9.17, 15) is 18.4 Å². The molecule has 0 bridgehead atoms. The molecule has 0 radical (unpaired) electrons. The molecule has 1 aromatic carbocycles. The van der Waals surface area contributed by atoms with Crippen molar-refractivity contribution in [3.05, 3.63) is 41.0 Å². The van der Waals surface area contributed by atoms with E-state index in [1.165, 1.54) is 6.33 Å². The standard InChI is InChI=1S/C28H32F3N7S/c1-37-7-4-19(5-8-37)36-24-10-20(3-2-18(24)15-32)35-21-12-27(13-21)6-9-38(16-27)25-23-11-22(14-28(29,30)31)39-26(23)34-17-33-25/h2-3,10-11,17,19,21,35-36H,4-9,12-14,16H2,1H3. The Morgan fingerprint density at radius 2 is 1.90 bits per heavy atom. The molecule has 7 nitrogen and oxygen atoms in total. The first-order chi connectivity index (χ1) is 18.7. The van der Waals surface area contributed by atoms with Crippen molar-refractivity contribution in [1.29, 1.82) is 5.26 Å². The Kier molecular flexibility index (Phi) is 6.79. The number of nitriles is 1. The van der Waals surface area contributed by atoms with Crippen LogP contribution in [0.3, 0.4) is 0 Å². The molecule has 4 heterocycles. The van der Waals surface area contributed by atoms with Crippen LogP contribution < -0.4 is 15.5 Å². The number of piperidine rings is 1.